The summed E-state index contributed by atoms with van der Waals surface area (Å²) in [5.41, 5.74) is 0.186. The number of ether oxygens (including phenoxy) is 1. The van der Waals surface area contributed by atoms with Crippen molar-refractivity contribution >= 4 is 11.9 Å². The van der Waals surface area contributed by atoms with Gasteiger partial charge in [-0.15, -0.1) is 0 Å². The summed E-state index contributed by atoms with van der Waals surface area (Å²) in [6, 6.07) is 1.40. The molecule has 1 saturated carbocycles. The van der Waals surface area contributed by atoms with E-state index < -0.39 is 5.97 Å². The molecule has 2 rings (SSSR count). The molecule has 0 saturated heterocycles. The lowest BCUT2D eigenvalue weighted by Gasteiger charge is -2.10. The molecule has 1 aliphatic carbocycles. The van der Waals surface area contributed by atoms with Gasteiger partial charge in [0, 0.05) is 19.2 Å². The topological polar surface area (TPSA) is 102 Å². The second-order valence-electron chi connectivity index (χ2n) is 4.63. The Morgan fingerprint density at radius 2 is 2.37 bits per heavy atom. The molecule has 104 valence electrons. The van der Waals surface area contributed by atoms with E-state index >= 15 is 0 Å². The zero-order valence-corrected chi connectivity index (χ0v) is 10.6. The van der Waals surface area contributed by atoms with Crippen LogP contribution in [0.15, 0.2) is 10.6 Å². The van der Waals surface area contributed by atoms with Crippen LogP contribution in [-0.4, -0.2) is 35.3 Å². The number of rotatable bonds is 5. The largest absolute Gasteiger partial charge is 0.481 e. The minimum atomic E-state index is -0.805. The summed E-state index contributed by atoms with van der Waals surface area (Å²) in [4.78, 5) is 22.7. The molecule has 19 heavy (non-hydrogen) atoms. The maximum Gasteiger partial charge on any atom is 0.306 e. The zero-order chi connectivity index (χ0) is 13.8. The standard InChI is InChI=1S/C12H16N2O5/c1-18-6-9-5-10(14-19-9)11(15)13-8-3-2-7(4-8)12(16)17/h5,7-8H,2-4,6H2,1H3,(H,13,15)(H,16,17). The zero-order valence-electron chi connectivity index (χ0n) is 10.6. The number of carbonyl (C=O) groups is 2. The van der Waals surface area contributed by atoms with Gasteiger partial charge in [0.2, 0.25) is 0 Å². The second-order valence-corrected chi connectivity index (χ2v) is 4.63. The molecule has 7 nitrogen and oxygen atoms in total. The average molecular weight is 268 g/mol. The first-order valence-corrected chi connectivity index (χ1v) is 6.08. The molecule has 1 heterocycles. The number of carboxylic acids is 1. The van der Waals surface area contributed by atoms with Gasteiger partial charge in [-0.05, 0) is 19.3 Å². The highest BCUT2D eigenvalue weighted by Crippen LogP contribution is 2.25. The second kappa shape index (κ2) is 5.83. The molecular formula is C12H16N2O5. The van der Waals surface area contributed by atoms with Crippen LogP contribution in [-0.2, 0) is 16.1 Å². The Bertz CT molecular complexity index is 470. The van der Waals surface area contributed by atoms with Gasteiger partial charge in [-0.25, -0.2) is 0 Å². The van der Waals surface area contributed by atoms with Crippen molar-refractivity contribution in [2.75, 3.05) is 7.11 Å². The fourth-order valence-electron chi connectivity index (χ4n) is 2.23. The van der Waals surface area contributed by atoms with Crippen LogP contribution in [0.1, 0.15) is 35.5 Å². The molecule has 2 N–H and O–H groups in total. The summed E-state index contributed by atoms with van der Waals surface area (Å²) in [5.74, 6) is -1.04. The molecule has 2 unspecified atom stereocenters. The van der Waals surface area contributed by atoms with Crippen molar-refractivity contribution in [3.63, 3.8) is 0 Å². The number of hydrogen-bond acceptors (Lipinski definition) is 5. The summed E-state index contributed by atoms with van der Waals surface area (Å²) < 4.78 is 9.78. The predicted molar refractivity (Wildman–Crippen MR) is 63.4 cm³/mol. The van der Waals surface area contributed by atoms with Crippen LogP contribution in [0, 0.1) is 5.92 Å². The number of hydrogen-bond donors (Lipinski definition) is 2. The molecule has 0 bridgehead atoms. The summed E-state index contributed by atoms with van der Waals surface area (Å²) in [5, 5.41) is 15.3. The van der Waals surface area contributed by atoms with E-state index in [4.69, 9.17) is 14.4 Å². The normalized spacial score (nSPS) is 22.4. The number of carbonyl (C=O) groups excluding carboxylic acids is 1. The Balaban J connectivity index is 1.88. The van der Waals surface area contributed by atoms with Crippen LogP contribution >= 0.6 is 0 Å². The molecule has 2 atom stereocenters. The summed E-state index contributed by atoms with van der Waals surface area (Å²) in [7, 11) is 1.52. The maximum atomic E-state index is 11.9. The Morgan fingerprint density at radius 3 is 3.00 bits per heavy atom. The van der Waals surface area contributed by atoms with Gasteiger partial charge >= 0.3 is 5.97 Å². The highest BCUT2D eigenvalue weighted by atomic mass is 16.5. The van der Waals surface area contributed by atoms with Gasteiger partial charge in [0.25, 0.3) is 5.91 Å². The van der Waals surface area contributed by atoms with E-state index in [0.717, 1.165) is 0 Å². The third-order valence-corrected chi connectivity index (χ3v) is 3.20. The van der Waals surface area contributed by atoms with E-state index in [1.165, 1.54) is 13.2 Å². The van der Waals surface area contributed by atoms with E-state index in [1.807, 2.05) is 0 Å². The number of nitrogens with zero attached hydrogens (tertiary/aromatic N) is 1. The van der Waals surface area contributed by atoms with Crippen molar-refractivity contribution in [1.82, 2.24) is 10.5 Å². The van der Waals surface area contributed by atoms with Crippen molar-refractivity contribution in [2.24, 2.45) is 5.92 Å². The molecule has 1 fully saturated rings. The van der Waals surface area contributed by atoms with Crippen LogP contribution in [0.2, 0.25) is 0 Å². The molecule has 1 aliphatic rings. The van der Waals surface area contributed by atoms with E-state index in [1.54, 1.807) is 0 Å². The van der Waals surface area contributed by atoms with Crippen molar-refractivity contribution < 1.29 is 24.0 Å². The van der Waals surface area contributed by atoms with Crippen molar-refractivity contribution in [3.8, 4) is 0 Å². The lowest BCUT2D eigenvalue weighted by atomic mass is 10.1. The van der Waals surface area contributed by atoms with Gasteiger partial charge < -0.3 is 19.7 Å². The number of carboxylic acid groups (broad SMARTS) is 1. The SMILES string of the molecule is COCc1cc(C(=O)NC2CCC(C(=O)O)C2)no1. The molecule has 1 amide bonds. The first kappa shape index (κ1) is 13.5. The smallest absolute Gasteiger partial charge is 0.306 e. The molecule has 1 aromatic heterocycles. The highest BCUT2D eigenvalue weighted by Gasteiger charge is 2.31. The van der Waals surface area contributed by atoms with E-state index in [9.17, 15) is 9.59 Å². The lowest BCUT2D eigenvalue weighted by Crippen LogP contribution is -2.33. The molecular weight excluding hydrogens is 252 g/mol. The summed E-state index contributed by atoms with van der Waals surface area (Å²) >= 11 is 0. The van der Waals surface area contributed by atoms with Gasteiger partial charge in [-0.2, -0.15) is 0 Å². The number of aromatic nitrogens is 1. The summed E-state index contributed by atoms with van der Waals surface area (Å²) in [6.45, 7) is 0.255. The minimum absolute atomic E-state index is 0.115. The van der Waals surface area contributed by atoms with Crippen LogP contribution in [0.25, 0.3) is 0 Å². The van der Waals surface area contributed by atoms with Crippen LogP contribution in [0.4, 0.5) is 0 Å². The Hall–Kier alpha value is -1.89. The molecule has 0 aromatic carbocycles. The Morgan fingerprint density at radius 1 is 1.58 bits per heavy atom. The lowest BCUT2D eigenvalue weighted by molar-refractivity contribution is -0.141. The van der Waals surface area contributed by atoms with Gasteiger partial charge in [0.15, 0.2) is 11.5 Å². The first-order chi connectivity index (χ1) is 9.10. The molecule has 0 radical (unpaired) electrons. The van der Waals surface area contributed by atoms with Crippen LogP contribution in [0.5, 0.6) is 0 Å². The Labute approximate surface area is 109 Å². The van der Waals surface area contributed by atoms with Gasteiger partial charge in [-0.3, -0.25) is 9.59 Å². The van der Waals surface area contributed by atoms with Crippen LogP contribution < -0.4 is 5.32 Å². The maximum absolute atomic E-state index is 11.9. The van der Waals surface area contributed by atoms with Gasteiger partial charge in [-0.1, -0.05) is 5.16 Å². The fourth-order valence-corrected chi connectivity index (χ4v) is 2.23. The molecule has 0 spiro atoms. The monoisotopic (exact) mass is 268 g/mol. The molecule has 7 heteroatoms. The van der Waals surface area contributed by atoms with Crippen molar-refractivity contribution in [1.29, 1.82) is 0 Å². The summed E-state index contributed by atoms with van der Waals surface area (Å²) in [6.07, 6.45) is 1.73. The van der Waals surface area contributed by atoms with E-state index in [-0.39, 0.29) is 30.2 Å². The number of aliphatic carboxylic acids is 1. The van der Waals surface area contributed by atoms with Crippen LogP contribution in [0.3, 0.4) is 0 Å². The first-order valence-electron chi connectivity index (χ1n) is 6.08. The van der Waals surface area contributed by atoms with Crippen molar-refractivity contribution in [3.05, 3.63) is 17.5 Å². The van der Waals surface area contributed by atoms with Gasteiger partial charge in [0.05, 0.1) is 5.92 Å². The third kappa shape index (κ3) is 3.31. The average Bonchev–Trinajstić information content (AvgIpc) is 2.98. The quantitative estimate of drug-likeness (QED) is 0.819. The number of nitrogens with one attached hydrogen (secondary N) is 1. The van der Waals surface area contributed by atoms with E-state index in [0.29, 0.717) is 25.0 Å². The molecule has 0 aliphatic heterocycles. The Kier molecular flexibility index (Phi) is 4.16. The highest BCUT2D eigenvalue weighted by molar-refractivity contribution is 5.92. The van der Waals surface area contributed by atoms with E-state index in [2.05, 4.69) is 10.5 Å². The third-order valence-electron chi connectivity index (χ3n) is 3.20. The molecule has 1 aromatic rings. The predicted octanol–water partition coefficient (Wildman–Crippen LogP) is 0.804. The number of methoxy groups -OCH3 is 1. The van der Waals surface area contributed by atoms with Gasteiger partial charge in [0.1, 0.15) is 6.61 Å². The number of amides is 1. The minimum Gasteiger partial charge on any atom is -0.481 e. The van der Waals surface area contributed by atoms with Crippen molar-refractivity contribution in [2.45, 2.75) is 31.9 Å². The fraction of sp³-hybridized carbons (Fsp3) is 0.583.